The van der Waals surface area contributed by atoms with Crippen molar-refractivity contribution in [3.05, 3.63) is 118 Å². The van der Waals surface area contributed by atoms with E-state index in [1.807, 2.05) is 65.6 Å². The second kappa shape index (κ2) is 14.0. The van der Waals surface area contributed by atoms with Gasteiger partial charge in [-0.05, 0) is 42.0 Å². The molecule has 1 aromatic heterocycles. The lowest BCUT2D eigenvalue weighted by Crippen LogP contribution is -2.48. The van der Waals surface area contributed by atoms with Gasteiger partial charge in [-0.25, -0.2) is 18.4 Å². The topological polar surface area (TPSA) is 109 Å². The third-order valence-electron chi connectivity index (χ3n) is 9.94. The lowest BCUT2D eigenvalue weighted by molar-refractivity contribution is -0.201. The second-order valence-electron chi connectivity index (χ2n) is 13.4. The van der Waals surface area contributed by atoms with E-state index in [1.54, 1.807) is 0 Å². The number of hydrogen-bond donors (Lipinski definition) is 0. The van der Waals surface area contributed by atoms with Gasteiger partial charge in [0.15, 0.2) is 0 Å². The van der Waals surface area contributed by atoms with Gasteiger partial charge in [0.25, 0.3) is 0 Å². The van der Waals surface area contributed by atoms with E-state index in [0.717, 1.165) is 17.4 Å². The number of benzene rings is 3. The highest BCUT2D eigenvalue weighted by atomic mass is 32.2. The lowest BCUT2D eigenvalue weighted by Gasteiger charge is -2.50. The molecule has 2 aliphatic heterocycles. The first-order valence-electron chi connectivity index (χ1n) is 17.0. The van der Waals surface area contributed by atoms with Crippen LogP contribution in [-0.2, 0) is 44.4 Å². The van der Waals surface area contributed by atoms with Crippen LogP contribution in [0.5, 0.6) is 0 Å². The first-order chi connectivity index (χ1) is 24.5. The van der Waals surface area contributed by atoms with Crippen LogP contribution in [0.4, 0.5) is 19.0 Å². The van der Waals surface area contributed by atoms with Crippen molar-refractivity contribution in [3.63, 3.8) is 0 Å². The summed E-state index contributed by atoms with van der Waals surface area (Å²) in [6.07, 6.45) is -4.13. The maximum Gasteiger partial charge on any atom is 0.395 e. The second-order valence-corrected chi connectivity index (χ2v) is 15.4. The third kappa shape index (κ3) is 7.10. The zero-order chi connectivity index (χ0) is 35.8. The quantitative estimate of drug-likeness (QED) is 0.196. The van der Waals surface area contributed by atoms with Gasteiger partial charge >= 0.3 is 6.18 Å². The third-order valence-corrected chi connectivity index (χ3v) is 10.8. The molecule has 1 fully saturated rings. The molecule has 0 saturated carbocycles. The first-order valence-corrected chi connectivity index (χ1v) is 18.9. The number of rotatable bonds is 7. The van der Waals surface area contributed by atoms with Crippen molar-refractivity contribution in [2.45, 2.75) is 67.9 Å². The zero-order valence-electron chi connectivity index (χ0n) is 28.1. The Morgan fingerprint density at radius 3 is 2.27 bits per heavy atom. The molecule has 0 bridgehead atoms. The smallest absolute Gasteiger partial charge is 0.380 e. The number of ether oxygens (including phenoxy) is 2. The highest BCUT2D eigenvalue weighted by Gasteiger charge is 2.55. The van der Waals surface area contributed by atoms with Gasteiger partial charge in [-0.3, -0.25) is 4.90 Å². The fraction of sp³-hybridized carbons (Fsp3) is 0.395. The zero-order valence-corrected chi connectivity index (χ0v) is 29.0. The van der Waals surface area contributed by atoms with Crippen molar-refractivity contribution in [2.24, 2.45) is 0 Å². The lowest BCUT2D eigenvalue weighted by atomic mass is 9.68. The Balaban J connectivity index is 1.49. The number of fused-ring (bicyclic) bond motifs is 3. The number of halogens is 3. The summed E-state index contributed by atoms with van der Waals surface area (Å²) in [6, 6.07) is 26.1. The average molecular weight is 718 g/mol. The molecule has 0 radical (unpaired) electrons. The van der Waals surface area contributed by atoms with Crippen LogP contribution in [0.2, 0.25) is 0 Å². The van der Waals surface area contributed by atoms with Crippen LogP contribution in [0.15, 0.2) is 84.0 Å². The molecule has 3 unspecified atom stereocenters. The summed E-state index contributed by atoms with van der Waals surface area (Å²) in [4.78, 5) is 13.5. The molecule has 0 amide bonds. The Morgan fingerprint density at radius 2 is 1.65 bits per heavy atom. The maximum absolute atomic E-state index is 14.6. The molecule has 3 aromatic carbocycles. The van der Waals surface area contributed by atoms with Crippen molar-refractivity contribution in [1.29, 1.82) is 5.26 Å². The standard InChI is InChI=1S/C38H38F3N5O4S/c1-51(47,48)36-43-31-22-37(17-16-30(38(39,40)41)29-15-8-14-28(23-42)33(29)37)50-35(32(31)34(44-36)45-18-9-20-49-21-19-45)46(24-26-10-4-2-5-11-26)25-27-12-6-3-7-13-27/h2-8,10-15,30,35H,9,16-22,24-25H2,1H3. The Morgan fingerprint density at radius 1 is 0.961 bits per heavy atom. The van der Waals surface area contributed by atoms with E-state index in [9.17, 15) is 26.9 Å². The van der Waals surface area contributed by atoms with Gasteiger partial charge in [-0.1, -0.05) is 72.8 Å². The molecule has 0 N–H and O–H groups in total. The average Bonchev–Trinajstić information content (AvgIpc) is 3.40. The van der Waals surface area contributed by atoms with Crippen molar-refractivity contribution in [1.82, 2.24) is 14.9 Å². The molecule has 7 rings (SSSR count). The van der Waals surface area contributed by atoms with Gasteiger partial charge in [0.05, 0.1) is 35.4 Å². The summed E-state index contributed by atoms with van der Waals surface area (Å²) in [5.41, 5.74) is 1.72. The summed E-state index contributed by atoms with van der Waals surface area (Å²) in [7, 11) is -3.92. The number of nitriles is 1. The molecule has 3 heterocycles. The largest absolute Gasteiger partial charge is 0.395 e. The molecule has 9 nitrogen and oxygen atoms in total. The predicted molar refractivity (Wildman–Crippen MR) is 183 cm³/mol. The fourth-order valence-electron chi connectivity index (χ4n) is 7.69. The molecular weight excluding hydrogens is 680 g/mol. The predicted octanol–water partition coefficient (Wildman–Crippen LogP) is 6.59. The van der Waals surface area contributed by atoms with Gasteiger partial charge in [-0.15, -0.1) is 0 Å². The van der Waals surface area contributed by atoms with Crippen LogP contribution in [0.25, 0.3) is 0 Å². The molecule has 13 heteroatoms. The Kier molecular flexibility index (Phi) is 9.62. The van der Waals surface area contributed by atoms with E-state index in [1.165, 1.54) is 18.2 Å². The number of alkyl halides is 3. The van der Waals surface area contributed by atoms with E-state index in [0.29, 0.717) is 62.9 Å². The normalized spacial score (nSPS) is 22.2. The minimum absolute atomic E-state index is 0.00467. The highest BCUT2D eigenvalue weighted by molar-refractivity contribution is 7.90. The van der Waals surface area contributed by atoms with Gasteiger partial charge in [0, 0.05) is 51.0 Å². The Bertz CT molecular complexity index is 1990. The van der Waals surface area contributed by atoms with Crippen LogP contribution in [0, 0.1) is 11.3 Å². The van der Waals surface area contributed by atoms with Crippen molar-refractivity contribution in [3.8, 4) is 6.07 Å². The molecule has 266 valence electrons. The van der Waals surface area contributed by atoms with Crippen molar-refractivity contribution < 1.29 is 31.1 Å². The highest BCUT2D eigenvalue weighted by Crippen LogP contribution is 2.56. The van der Waals surface area contributed by atoms with Crippen molar-refractivity contribution in [2.75, 3.05) is 37.5 Å². The Hall–Kier alpha value is -4.35. The number of anilines is 1. The summed E-state index contributed by atoms with van der Waals surface area (Å²) in [5, 5.41) is 9.96. The van der Waals surface area contributed by atoms with Crippen LogP contribution in [0.3, 0.4) is 0 Å². The van der Waals surface area contributed by atoms with Gasteiger partial charge in [0.1, 0.15) is 17.6 Å². The number of hydrogen-bond acceptors (Lipinski definition) is 9. The van der Waals surface area contributed by atoms with Gasteiger partial charge < -0.3 is 14.4 Å². The van der Waals surface area contributed by atoms with Gasteiger partial charge in [0.2, 0.25) is 15.0 Å². The minimum atomic E-state index is -4.54. The monoisotopic (exact) mass is 717 g/mol. The molecule has 1 aliphatic carbocycles. The molecule has 1 spiro atoms. The van der Waals surface area contributed by atoms with E-state index >= 15 is 0 Å². The van der Waals surface area contributed by atoms with Crippen LogP contribution in [-0.4, -0.2) is 62.0 Å². The number of aromatic nitrogens is 2. The summed E-state index contributed by atoms with van der Waals surface area (Å²) >= 11 is 0. The Labute approximate surface area is 295 Å². The SMILES string of the molecule is CS(=O)(=O)c1nc2c(c(N3CCCOCC3)n1)C(N(Cc1ccccc1)Cc1ccccc1)OC1(CCC(C(F)(F)F)c3cccc(C#N)c31)C2. The van der Waals surface area contributed by atoms with E-state index in [-0.39, 0.29) is 41.1 Å². The van der Waals surface area contributed by atoms with Crippen LogP contribution in [0.1, 0.15) is 70.5 Å². The number of sulfone groups is 1. The van der Waals surface area contributed by atoms with Crippen molar-refractivity contribution >= 4 is 15.7 Å². The summed E-state index contributed by atoms with van der Waals surface area (Å²) in [6.45, 7) is 2.67. The van der Waals surface area contributed by atoms with E-state index < -0.39 is 33.8 Å². The maximum atomic E-state index is 14.6. The molecule has 4 aromatic rings. The van der Waals surface area contributed by atoms with Crippen LogP contribution < -0.4 is 4.90 Å². The van der Waals surface area contributed by atoms with E-state index in [4.69, 9.17) is 9.47 Å². The molecule has 51 heavy (non-hydrogen) atoms. The minimum Gasteiger partial charge on any atom is -0.380 e. The molecule has 3 atom stereocenters. The van der Waals surface area contributed by atoms with E-state index in [2.05, 4.69) is 20.9 Å². The summed E-state index contributed by atoms with van der Waals surface area (Å²) < 4.78 is 83.1. The first kappa shape index (κ1) is 35.1. The van der Waals surface area contributed by atoms with Crippen LogP contribution >= 0.6 is 0 Å². The fourth-order valence-corrected chi connectivity index (χ4v) is 8.22. The molecular formula is C38H38F3N5O4S. The molecule has 3 aliphatic rings. The molecule has 1 saturated heterocycles. The van der Waals surface area contributed by atoms with Gasteiger partial charge in [-0.2, -0.15) is 18.4 Å². The summed E-state index contributed by atoms with van der Waals surface area (Å²) in [5.74, 6) is -1.39. The number of nitrogens with zero attached hydrogens (tertiary/aromatic N) is 5.